The van der Waals surface area contributed by atoms with E-state index >= 15 is 0 Å². The highest BCUT2D eigenvalue weighted by Gasteiger charge is 2.34. The second-order valence-corrected chi connectivity index (χ2v) is 6.59. The van der Waals surface area contributed by atoms with Crippen molar-refractivity contribution in [2.75, 3.05) is 38.6 Å². The van der Waals surface area contributed by atoms with Crippen LogP contribution >= 0.6 is 12.6 Å². The third-order valence-corrected chi connectivity index (χ3v) is 5.52. The summed E-state index contributed by atoms with van der Waals surface area (Å²) in [5.74, 6) is 2.01. The van der Waals surface area contributed by atoms with Crippen molar-refractivity contribution in [3.63, 3.8) is 0 Å². The summed E-state index contributed by atoms with van der Waals surface area (Å²) in [4.78, 5) is 2.69. The fourth-order valence-electron chi connectivity index (χ4n) is 3.49. The number of rotatable bonds is 5. The van der Waals surface area contributed by atoms with E-state index in [2.05, 4.69) is 24.5 Å². The maximum absolute atomic E-state index is 5.51. The Morgan fingerprint density at radius 2 is 1.89 bits per heavy atom. The average Bonchev–Trinajstić information content (AvgIpc) is 2.42. The minimum Gasteiger partial charge on any atom is -0.381 e. The quantitative estimate of drug-likeness (QED) is 0.771. The summed E-state index contributed by atoms with van der Waals surface area (Å²) in [6.07, 6.45) is 8.00. The van der Waals surface area contributed by atoms with Gasteiger partial charge in [-0.05, 0) is 55.9 Å². The van der Waals surface area contributed by atoms with Gasteiger partial charge in [0.05, 0.1) is 0 Å². The van der Waals surface area contributed by atoms with Crippen molar-refractivity contribution >= 4 is 12.6 Å². The van der Waals surface area contributed by atoms with E-state index in [1.165, 1.54) is 58.2 Å². The minimum absolute atomic E-state index is 0.430. The molecular formula is C15H29NOS. The van der Waals surface area contributed by atoms with Gasteiger partial charge in [-0.3, -0.25) is 0 Å². The fraction of sp³-hybridized carbons (Fsp3) is 1.00. The molecule has 0 radical (unpaired) electrons. The Hall–Kier alpha value is 0.270. The smallest absolute Gasteiger partial charge is 0.0472 e. The largest absolute Gasteiger partial charge is 0.381 e. The summed E-state index contributed by atoms with van der Waals surface area (Å²) in [5.41, 5.74) is 0.430. The maximum Gasteiger partial charge on any atom is 0.0472 e. The van der Waals surface area contributed by atoms with E-state index in [1.54, 1.807) is 0 Å². The van der Waals surface area contributed by atoms with Gasteiger partial charge in [0.15, 0.2) is 0 Å². The van der Waals surface area contributed by atoms with Gasteiger partial charge in [0.1, 0.15) is 0 Å². The molecule has 0 aromatic heterocycles. The highest BCUT2D eigenvalue weighted by Crippen LogP contribution is 2.34. The summed E-state index contributed by atoms with van der Waals surface area (Å²) in [5, 5.41) is 0. The third-order valence-electron chi connectivity index (χ3n) is 4.85. The fourth-order valence-corrected chi connectivity index (χ4v) is 3.90. The van der Waals surface area contributed by atoms with Gasteiger partial charge in [-0.15, -0.1) is 0 Å². The Morgan fingerprint density at radius 3 is 2.44 bits per heavy atom. The zero-order valence-electron chi connectivity index (χ0n) is 11.9. The van der Waals surface area contributed by atoms with Gasteiger partial charge in [-0.2, -0.15) is 12.6 Å². The summed E-state index contributed by atoms with van der Waals surface area (Å²) in [6.45, 7) is 8.05. The van der Waals surface area contributed by atoms with Crippen molar-refractivity contribution in [1.82, 2.24) is 4.90 Å². The summed E-state index contributed by atoms with van der Waals surface area (Å²) >= 11 is 4.62. The molecule has 0 N–H and O–H groups in total. The number of thiol groups is 1. The monoisotopic (exact) mass is 271 g/mol. The molecule has 0 unspecified atom stereocenters. The SMILES string of the molecule is CCCC1CCN(CC2(CS)CCOCC2)CC1. The van der Waals surface area contributed by atoms with Crippen LogP contribution in [0.25, 0.3) is 0 Å². The number of hydrogen-bond donors (Lipinski definition) is 1. The highest BCUT2D eigenvalue weighted by atomic mass is 32.1. The lowest BCUT2D eigenvalue weighted by molar-refractivity contribution is 0.00200. The Labute approximate surface area is 118 Å². The predicted octanol–water partition coefficient (Wildman–Crippen LogP) is 3.23. The van der Waals surface area contributed by atoms with Gasteiger partial charge < -0.3 is 9.64 Å². The van der Waals surface area contributed by atoms with Crippen molar-refractivity contribution in [2.45, 2.75) is 45.4 Å². The second-order valence-electron chi connectivity index (χ2n) is 6.28. The number of hydrogen-bond acceptors (Lipinski definition) is 3. The lowest BCUT2D eigenvalue weighted by atomic mass is 9.80. The van der Waals surface area contributed by atoms with Crippen LogP contribution in [0.3, 0.4) is 0 Å². The molecule has 2 aliphatic rings. The molecule has 0 aliphatic carbocycles. The molecule has 2 aliphatic heterocycles. The first-order valence-electron chi connectivity index (χ1n) is 7.69. The highest BCUT2D eigenvalue weighted by molar-refractivity contribution is 7.80. The minimum atomic E-state index is 0.430. The van der Waals surface area contributed by atoms with Crippen molar-refractivity contribution in [3.05, 3.63) is 0 Å². The van der Waals surface area contributed by atoms with Gasteiger partial charge in [0.25, 0.3) is 0 Å². The number of nitrogens with zero attached hydrogens (tertiary/aromatic N) is 1. The molecular weight excluding hydrogens is 242 g/mol. The maximum atomic E-state index is 5.51. The van der Waals surface area contributed by atoms with E-state index in [0.29, 0.717) is 5.41 Å². The first kappa shape index (κ1) is 14.7. The van der Waals surface area contributed by atoms with Crippen molar-refractivity contribution in [1.29, 1.82) is 0 Å². The van der Waals surface area contributed by atoms with Crippen LogP contribution < -0.4 is 0 Å². The third kappa shape index (κ3) is 3.88. The molecule has 3 heteroatoms. The van der Waals surface area contributed by atoms with Crippen LogP contribution in [0, 0.1) is 11.3 Å². The number of ether oxygens (including phenoxy) is 1. The van der Waals surface area contributed by atoms with E-state index in [-0.39, 0.29) is 0 Å². The molecule has 0 aromatic carbocycles. The lowest BCUT2D eigenvalue weighted by Gasteiger charge is -2.42. The van der Waals surface area contributed by atoms with Crippen LogP contribution in [0.4, 0.5) is 0 Å². The van der Waals surface area contributed by atoms with Crippen LogP contribution in [-0.2, 0) is 4.74 Å². The molecule has 18 heavy (non-hydrogen) atoms. The van der Waals surface area contributed by atoms with E-state index in [0.717, 1.165) is 24.9 Å². The molecule has 2 saturated heterocycles. The zero-order valence-corrected chi connectivity index (χ0v) is 12.8. The summed E-state index contributed by atoms with van der Waals surface area (Å²) in [7, 11) is 0. The van der Waals surface area contributed by atoms with Gasteiger partial charge in [-0.1, -0.05) is 19.8 Å². The summed E-state index contributed by atoms with van der Waals surface area (Å²) < 4.78 is 5.51. The van der Waals surface area contributed by atoms with Crippen LogP contribution in [0.5, 0.6) is 0 Å². The van der Waals surface area contributed by atoms with Gasteiger partial charge in [0, 0.05) is 19.8 Å². The van der Waals surface area contributed by atoms with E-state index in [1.807, 2.05) is 0 Å². The van der Waals surface area contributed by atoms with E-state index in [9.17, 15) is 0 Å². The Balaban J connectivity index is 1.79. The normalized spacial score (nSPS) is 26.3. The summed E-state index contributed by atoms with van der Waals surface area (Å²) in [6, 6.07) is 0. The molecule has 0 saturated carbocycles. The molecule has 0 atom stereocenters. The first-order valence-corrected chi connectivity index (χ1v) is 8.32. The lowest BCUT2D eigenvalue weighted by Crippen LogP contribution is -2.45. The van der Waals surface area contributed by atoms with Crippen LogP contribution in [0.2, 0.25) is 0 Å². The molecule has 106 valence electrons. The molecule has 0 spiro atoms. The molecule has 2 fully saturated rings. The average molecular weight is 271 g/mol. The standard InChI is InChI=1S/C15H29NOS/c1-2-3-14-4-8-16(9-5-14)12-15(13-18)6-10-17-11-7-15/h14,18H,2-13H2,1H3. The first-order chi connectivity index (χ1) is 8.78. The second kappa shape index (κ2) is 7.16. The number of likely N-dealkylation sites (tertiary alicyclic amines) is 1. The molecule has 2 rings (SSSR count). The number of piperidine rings is 1. The molecule has 2 nitrogen and oxygen atoms in total. The van der Waals surface area contributed by atoms with Gasteiger partial charge >= 0.3 is 0 Å². The van der Waals surface area contributed by atoms with E-state index in [4.69, 9.17) is 4.74 Å². The van der Waals surface area contributed by atoms with Crippen molar-refractivity contribution < 1.29 is 4.74 Å². The van der Waals surface area contributed by atoms with E-state index < -0.39 is 0 Å². The molecule has 0 bridgehead atoms. The Morgan fingerprint density at radius 1 is 1.22 bits per heavy atom. The van der Waals surface area contributed by atoms with Crippen molar-refractivity contribution in [3.8, 4) is 0 Å². The molecule has 0 amide bonds. The molecule has 0 aromatic rings. The zero-order chi connectivity index (χ0) is 12.8. The van der Waals surface area contributed by atoms with Gasteiger partial charge in [0.2, 0.25) is 0 Å². The Bertz CT molecular complexity index is 233. The van der Waals surface area contributed by atoms with Gasteiger partial charge in [-0.25, -0.2) is 0 Å². The van der Waals surface area contributed by atoms with Crippen LogP contribution in [0.15, 0.2) is 0 Å². The molecule has 2 heterocycles. The Kier molecular flexibility index (Phi) is 5.84. The topological polar surface area (TPSA) is 12.5 Å². The predicted molar refractivity (Wildman–Crippen MR) is 80.4 cm³/mol. The van der Waals surface area contributed by atoms with Crippen LogP contribution in [0.1, 0.15) is 45.4 Å². The van der Waals surface area contributed by atoms with Crippen LogP contribution in [-0.4, -0.2) is 43.5 Å². The van der Waals surface area contributed by atoms with Crippen molar-refractivity contribution in [2.24, 2.45) is 11.3 Å².